The van der Waals surface area contributed by atoms with Crippen molar-refractivity contribution in [3.8, 4) is 17.1 Å². The number of aromatic nitrogens is 6. The van der Waals surface area contributed by atoms with Gasteiger partial charge in [-0.2, -0.15) is 5.10 Å². The van der Waals surface area contributed by atoms with E-state index in [0.29, 0.717) is 40.1 Å². The van der Waals surface area contributed by atoms with E-state index in [2.05, 4.69) is 46.1 Å². The zero-order valence-corrected chi connectivity index (χ0v) is 20.2. The SMILES string of the molecule is CNC(=O)c1nnc(Nc2ccc(N3CCC3)cn2)cc1Nc1cccc(-c2ncn(C)n2)c1OC. The molecule has 0 bridgehead atoms. The number of nitrogens with zero attached hydrogens (tertiary/aromatic N) is 7. The van der Waals surface area contributed by atoms with Crippen molar-refractivity contribution in [1.29, 1.82) is 0 Å². The molecule has 0 unspecified atom stereocenters. The van der Waals surface area contributed by atoms with Crippen LogP contribution >= 0.6 is 0 Å². The molecule has 5 rings (SSSR count). The van der Waals surface area contributed by atoms with Gasteiger partial charge >= 0.3 is 0 Å². The lowest BCUT2D eigenvalue weighted by atomic mass is 10.1. The summed E-state index contributed by atoms with van der Waals surface area (Å²) in [6.07, 6.45) is 4.65. The normalized spacial score (nSPS) is 12.6. The Balaban J connectivity index is 1.45. The highest BCUT2D eigenvalue weighted by Gasteiger charge is 2.19. The van der Waals surface area contributed by atoms with Crippen molar-refractivity contribution in [2.24, 2.45) is 7.05 Å². The average Bonchev–Trinajstić information content (AvgIpc) is 3.30. The molecule has 3 N–H and O–H groups in total. The second-order valence-electron chi connectivity index (χ2n) is 8.19. The molecular formula is C24H26N10O2. The molecule has 0 spiro atoms. The standard InChI is InChI=1S/C24H26N10O2/c1-25-24(35)21-18(28-17-7-4-6-16(22(17)36-3)23-27-14-33(2)32-23)12-20(30-31-21)29-19-9-8-15(13-26-19)34-10-5-11-34/h4,6-9,12-14H,5,10-11H2,1-3H3,(H,25,35)(H2,26,28,29,30). The number of carbonyl (C=O) groups excluding carboxylic acids is 1. The second kappa shape index (κ2) is 9.86. The Morgan fingerprint density at radius 2 is 1.89 bits per heavy atom. The molecule has 1 amide bonds. The van der Waals surface area contributed by atoms with Gasteiger partial charge in [0.15, 0.2) is 23.1 Å². The fourth-order valence-electron chi connectivity index (χ4n) is 3.83. The van der Waals surface area contributed by atoms with Gasteiger partial charge in [0, 0.05) is 33.3 Å². The fourth-order valence-corrected chi connectivity index (χ4v) is 3.83. The molecule has 1 saturated heterocycles. The molecule has 0 radical (unpaired) electrons. The molecule has 1 aliphatic rings. The molecule has 12 nitrogen and oxygen atoms in total. The number of aryl methyl sites for hydroxylation is 1. The smallest absolute Gasteiger partial charge is 0.273 e. The number of para-hydroxylation sites is 1. The van der Waals surface area contributed by atoms with Crippen LogP contribution in [0.2, 0.25) is 0 Å². The van der Waals surface area contributed by atoms with Gasteiger partial charge in [0.2, 0.25) is 0 Å². The predicted octanol–water partition coefficient (Wildman–Crippen LogP) is 2.73. The molecule has 0 atom stereocenters. The van der Waals surface area contributed by atoms with Crippen molar-refractivity contribution >= 4 is 34.6 Å². The van der Waals surface area contributed by atoms with Crippen molar-refractivity contribution in [1.82, 2.24) is 35.3 Å². The number of benzene rings is 1. The lowest BCUT2D eigenvalue weighted by molar-refractivity contribution is 0.0958. The Hall–Kier alpha value is -4.74. The molecule has 4 heterocycles. The first-order valence-electron chi connectivity index (χ1n) is 11.4. The van der Waals surface area contributed by atoms with Crippen molar-refractivity contribution in [3.05, 3.63) is 54.6 Å². The highest BCUT2D eigenvalue weighted by molar-refractivity contribution is 5.99. The Bertz CT molecular complexity index is 1380. The summed E-state index contributed by atoms with van der Waals surface area (Å²) >= 11 is 0. The number of methoxy groups -OCH3 is 1. The van der Waals surface area contributed by atoms with E-state index in [4.69, 9.17) is 4.74 Å². The van der Waals surface area contributed by atoms with E-state index >= 15 is 0 Å². The average molecular weight is 487 g/mol. The highest BCUT2D eigenvalue weighted by atomic mass is 16.5. The van der Waals surface area contributed by atoms with Crippen LogP contribution in [0.15, 0.2) is 48.9 Å². The third-order valence-corrected chi connectivity index (χ3v) is 5.79. The second-order valence-corrected chi connectivity index (χ2v) is 8.19. The minimum atomic E-state index is -0.380. The van der Waals surface area contributed by atoms with Gasteiger partial charge in [-0.05, 0) is 30.7 Å². The lowest BCUT2D eigenvalue weighted by Gasteiger charge is -2.32. The maximum Gasteiger partial charge on any atom is 0.273 e. The molecule has 12 heteroatoms. The summed E-state index contributed by atoms with van der Waals surface area (Å²) in [7, 11) is 4.91. The van der Waals surface area contributed by atoms with Crippen molar-refractivity contribution < 1.29 is 9.53 Å². The summed E-state index contributed by atoms with van der Waals surface area (Å²) in [5.74, 6) is 1.72. The Labute approximate surface area is 207 Å². The van der Waals surface area contributed by atoms with Gasteiger partial charge in [-0.15, -0.1) is 10.2 Å². The van der Waals surface area contributed by atoms with Crippen LogP contribution in [0.5, 0.6) is 5.75 Å². The summed E-state index contributed by atoms with van der Waals surface area (Å²) in [6.45, 7) is 2.11. The number of hydrogen-bond donors (Lipinski definition) is 3. The summed E-state index contributed by atoms with van der Waals surface area (Å²) in [6, 6.07) is 11.2. The van der Waals surface area contributed by atoms with Crippen LogP contribution in [0, 0.1) is 0 Å². The van der Waals surface area contributed by atoms with E-state index in [1.165, 1.54) is 13.5 Å². The van der Waals surface area contributed by atoms with Crippen LogP contribution in [0.1, 0.15) is 16.9 Å². The Morgan fingerprint density at radius 3 is 2.53 bits per heavy atom. The first kappa shape index (κ1) is 23.0. The predicted molar refractivity (Wildman–Crippen MR) is 136 cm³/mol. The molecule has 1 aromatic carbocycles. The summed E-state index contributed by atoms with van der Waals surface area (Å²) in [5.41, 5.74) is 2.98. The van der Waals surface area contributed by atoms with E-state index < -0.39 is 0 Å². The molecule has 36 heavy (non-hydrogen) atoms. The number of ether oxygens (including phenoxy) is 1. The Kier molecular flexibility index (Phi) is 6.31. The third kappa shape index (κ3) is 4.60. The molecule has 1 aliphatic heterocycles. The number of rotatable bonds is 8. The van der Waals surface area contributed by atoms with Gasteiger partial charge in [0.05, 0.1) is 35.9 Å². The summed E-state index contributed by atoms with van der Waals surface area (Å²) in [4.78, 5) is 23.6. The van der Waals surface area contributed by atoms with E-state index in [1.54, 1.807) is 31.2 Å². The number of hydrogen-bond acceptors (Lipinski definition) is 10. The quantitative estimate of drug-likeness (QED) is 0.341. The summed E-state index contributed by atoms with van der Waals surface area (Å²) < 4.78 is 7.31. The van der Waals surface area contributed by atoms with Crippen LogP contribution in [-0.4, -0.2) is 63.1 Å². The van der Waals surface area contributed by atoms with Gasteiger partial charge in [0.1, 0.15) is 12.1 Å². The number of anilines is 5. The number of carbonyl (C=O) groups is 1. The maximum atomic E-state index is 12.5. The van der Waals surface area contributed by atoms with Crippen molar-refractivity contribution in [3.63, 3.8) is 0 Å². The molecule has 0 saturated carbocycles. The first-order valence-corrected chi connectivity index (χ1v) is 11.4. The van der Waals surface area contributed by atoms with E-state index in [9.17, 15) is 4.79 Å². The maximum absolute atomic E-state index is 12.5. The Morgan fingerprint density at radius 1 is 1.03 bits per heavy atom. The first-order chi connectivity index (χ1) is 17.6. The van der Waals surface area contributed by atoms with Crippen LogP contribution in [0.4, 0.5) is 28.7 Å². The fraction of sp³-hybridized carbons (Fsp3) is 0.250. The van der Waals surface area contributed by atoms with Crippen LogP contribution < -0.4 is 25.6 Å². The molecule has 1 fully saturated rings. The molecule has 0 aliphatic carbocycles. The van der Waals surface area contributed by atoms with Gasteiger partial charge < -0.3 is 25.6 Å². The lowest BCUT2D eigenvalue weighted by Crippen LogP contribution is -2.36. The third-order valence-electron chi connectivity index (χ3n) is 5.79. The van der Waals surface area contributed by atoms with Gasteiger partial charge in [-0.25, -0.2) is 9.97 Å². The zero-order valence-electron chi connectivity index (χ0n) is 20.2. The number of pyridine rings is 1. The van der Waals surface area contributed by atoms with Gasteiger partial charge in [-0.1, -0.05) is 6.07 Å². The van der Waals surface area contributed by atoms with E-state index in [0.717, 1.165) is 18.8 Å². The zero-order chi connectivity index (χ0) is 25.1. The van der Waals surface area contributed by atoms with Gasteiger partial charge in [-0.3, -0.25) is 9.48 Å². The number of amides is 1. The minimum Gasteiger partial charge on any atom is -0.494 e. The van der Waals surface area contributed by atoms with E-state index in [-0.39, 0.29) is 11.6 Å². The molecule has 184 valence electrons. The van der Waals surface area contributed by atoms with Crippen molar-refractivity contribution in [2.75, 3.05) is 42.8 Å². The van der Waals surface area contributed by atoms with Crippen LogP contribution in [-0.2, 0) is 7.05 Å². The monoisotopic (exact) mass is 486 g/mol. The van der Waals surface area contributed by atoms with Crippen LogP contribution in [0.3, 0.4) is 0 Å². The minimum absolute atomic E-state index is 0.132. The molecule has 4 aromatic rings. The number of nitrogens with one attached hydrogen (secondary N) is 3. The van der Waals surface area contributed by atoms with Crippen LogP contribution in [0.25, 0.3) is 11.4 Å². The molecule has 3 aromatic heterocycles. The highest BCUT2D eigenvalue weighted by Crippen LogP contribution is 2.37. The topological polar surface area (TPSA) is 135 Å². The van der Waals surface area contributed by atoms with E-state index in [1.807, 2.05) is 36.5 Å². The summed E-state index contributed by atoms with van der Waals surface area (Å²) in [5, 5.41) is 21.7. The molecular weight excluding hydrogens is 460 g/mol. The largest absolute Gasteiger partial charge is 0.494 e. The van der Waals surface area contributed by atoms with Gasteiger partial charge in [0.25, 0.3) is 5.91 Å². The van der Waals surface area contributed by atoms with Crippen molar-refractivity contribution in [2.45, 2.75) is 6.42 Å².